The van der Waals surface area contributed by atoms with E-state index in [9.17, 15) is 5.11 Å². The molecular weight excluding hydrogens is 414 g/mol. The highest BCUT2D eigenvalue weighted by Gasteiger charge is 2.26. The van der Waals surface area contributed by atoms with Crippen LogP contribution in [0.1, 0.15) is 22.8 Å². The predicted octanol–water partition coefficient (Wildman–Crippen LogP) is 4.72. The number of aromatic nitrogens is 3. The van der Waals surface area contributed by atoms with Gasteiger partial charge >= 0.3 is 0 Å². The van der Waals surface area contributed by atoms with E-state index < -0.39 is 12.2 Å². The molecule has 0 aliphatic carbocycles. The second-order valence-electron chi connectivity index (χ2n) is 7.89. The van der Waals surface area contributed by atoms with Crippen LogP contribution in [0.5, 0.6) is 0 Å². The van der Waals surface area contributed by atoms with E-state index in [1.54, 1.807) is 6.20 Å². The van der Waals surface area contributed by atoms with Crippen molar-refractivity contribution >= 4 is 16.8 Å². The van der Waals surface area contributed by atoms with E-state index in [4.69, 9.17) is 9.47 Å². The summed E-state index contributed by atoms with van der Waals surface area (Å²) in [5, 5.41) is 10.2. The van der Waals surface area contributed by atoms with Crippen molar-refractivity contribution in [3.8, 4) is 0 Å². The fourth-order valence-electron chi connectivity index (χ4n) is 3.90. The molecule has 0 aliphatic rings. The molecule has 0 saturated carbocycles. The standard InChI is InChI=1S/C27H25N3O3/c31-17-25(32-18-20-9-3-1-4-10-20)26(33-19-21-11-5-2-6-12-21)22-15-28-27-29-23-13-7-8-14-24(23)30(27)16-22/h1-16,25-26,31H,17-19H2/t25-,26-/m1/s1. The Morgan fingerprint density at radius 3 is 2.12 bits per heavy atom. The number of para-hydroxylation sites is 2. The molecule has 166 valence electrons. The van der Waals surface area contributed by atoms with Crippen LogP contribution in [0.4, 0.5) is 0 Å². The molecule has 1 N–H and O–H groups in total. The Labute approximate surface area is 192 Å². The van der Waals surface area contributed by atoms with Crippen LogP contribution in [0.15, 0.2) is 97.3 Å². The molecule has 2 atom stereocenters. The molecular formula is C27H25N3O3. The number of hydrogen-bond acceptors (Lipinski definition) is 5. The lowest BCUT2D eigenvalue weighted by Crippen LogP contribution is -2.28. The number of aliphatic hydroxyl groups is 1. The van der Waals surface area contributed by atoms with Crippen LogP contribution in [0, 0.1) is 0 Å². The first-order valence-corrected chi connectivity index (χ1v) is 11.0. The van der Waals surface area contributed by atoms with Crippen molar-refractivity contribution in [3.63, 3.8) is 0 Å². The van der Waals surface area contributed by atoms with E-state index >= 15 is 0 Å². The number of hydrogen-bond donors (Lipinski definition) is 1. The summed E-state index contributed by atoms with van der Waals surface area (Å²) in [4.78, 5) is 9.14. The summed E-state index contributed by atoms with van der Waals surface area (Å²) in [6.07, 6.45) is 2.65. The molecule has 5 aromatic rings. The van der Waals surface area contributed by atoms with Crippen molar-refractivity contribution in [2.24, 2.45) is 0 Å². The van der Waals surface area contributed by atoms with Crippen molar-refractivity contribution in [2.75, 3.05) is 6.61 Å². The lowest BCUT2D eigenvalue weighted by atomic mass is 10.1. The lowest BCUT2D eigenvalue weighted by Gasteiger charge is -2.26. The molecule has 5 rings (SSSR count). The van der Waals surface area contributed by atoms with E-state index in [-0.39, 0.29) is 6.61 Å². The molecule has 0 unspecified atom stereocenters. The zero-order valence-electron chi connectivity index (χ0n) is 18.1. The van der Waals surface area contributed by atoms with Gasteiger partial charge in [-0.05, 0) is 23.3 Å². The summed E-state index contributed by atoms with van der Waals surface area (Å²) in [5.41, 5.74) is 4.74. The first-order chi connectivity index (χ1) is 16.3. The van der Waals surface area contributed by atoms with Gasteiger partial charge in [0.15, 0.2) is 0 Å². The minimum atomic E-state index is -0.567. The Balaban J connectivity index is 1.47. The largest absolute Gasteiger partial charge is 0.394 e. The summed E-state index contributed by atoms with van der Waals surface area (Å²) < 4.78 is 14.4. The number of fused-ring (bicyclic) bond motifs is 3. The van der Waals surface area contributed by atoms with Gasteiger partial charge in [-0.1, -0.05) is 72.8 Å². The van der Waals surface area contributed by atoms with Crippen molar-refractivity contribution < 1.29 is 14.6 Å². The molecule has 33 heavy (non-hydrogen) atoms. The predicted molar refractivity (Wildman–Crippen MR) is 127 cm³/mol. The number of imidazole rings is 1. The minimum Gasteiger partial charge on any atom is -0.394 e. The van der Waals surface area contributed by atoms with Crippen LogP contribution in [0.2, 0.25) is 0 Å². The Hall–Kier alpha value is -3.58. The maximum Gasteiger partial charge on any atom is 0.234 e. The van der Waals surface area contributed by atoms with Gasteiger partial charge in [0, 0.05) is 18.0 Å². The van der Waals surface area contributed by atoms with Crippen molar-refractivity contribution in [1.29, 1.82) is 0 Å². The first kappa shape index (κ1) is 21.3. The van der Waals surface area contributed by atoms with Crippen molar-refractivity contribution in [1.82, 2.24) is 14.4 Å². The van der Waals surface area contributed by atoms with Crippen LogP contribution in [0.25, 0.3) is 16.8 Å². The third kappa shape index (κ3) is 4.78. The second-order valence-corrected chi connectivity index (χ2v) is 7.89. The highest BCUT2D eigenvalue weighted by molar-refractivity contribution is 5.79. The zero-order valence-corrected chi connectivity index (χ0v) is 18.1. The Morgan fingerprint density at radius 1 is 0.788 bits per heavy atom. The van der Waals surface area contributed by atoms with Gasteiger partial charge in [-0.15, -0.1) is 0 Å². The fraction of sp³-hybridized carbons (Fsp3) is 0.185. The number of ether oxygens (including phenoxy) is 2. The third-order valence-corrected chi connectivity index (χ3v) is 5.61. The average Bonchev–Trinajstić information content (AvgIpc) is 3.25. The molecule has 2 aromatic heterocycles. The monoisotopic (exact) mass is 439 g/mol. The summed E-state index contributed by atoms with van der Waals surface area (Å²) >= 11 is 0. The highest BCUT2D eigenvalue weighted by atomic mass is 16.5. The van der Waals surface area contributed by atoms with E-state index in [1.165, 1.54) is 0 Å². The molecule has 0 aliphatic heterocycles. The molecule has 0 bridgehead atoms. The van der Waals surface area contributed by atoms with Gasteiger partial charge in [0.25, 0.3) is 0 Å². The molecule has 0 amide bonds. The van der Waals surface area contributed by atoms with Gasteiger partial charge in [-0.25, -0.2) is 9.97 Å². The van der Waals surface area contributed by atoms with E-state index in [1.807, 2.05) is 95.5 Å². The normalized spacial score (nSPS) is 13.4. The second kappa shape index (κ2) is 9.92. The van der Waals surface area contributed by atoms with Gasteiger partial charge in [-0.2, -0.15) is 0 Å². The molecule has 6 heteroatoms. The number of rotatable bonds is 9. The first-order valence-electron chi connectivity index (χ1n) is 11.0. The molecule has 3 aromatic carbocycles. The quantitative estimate of drug-likeness (QED) is 0.360. The van der Waals surface area contributed by atoms with E-state index in [2.05, 4.69) is 9.97 Å². The Kier molecular flexibility index (Phi) is 6.39. The fourth-order valence-corrected chi connectivity index (χ4v) is 3.90. The average molecular weight is 440 g/mol. The SMILES string of the molecule is OC[C@@H](OCc1ccccc1)[C@H](OCc1ccccc1)c1cnc2nc3ccccc3n2c1. The van der Waals surface area contributed by atoms with Crippen molar-refractivity contribution in [3.05, 3.63) is 114 Å². The van der Waals surface area contributed by atoms with E-state index in [0.717, 1.165) is 27.7 Å². The summed E-state index contributed by atoms with van der Waals surface area (Å²) in [5.74, 6) is 0.618. The summed E-state index contributed by atoms with van der Waals surface area (Å²) in [6, 6.07) is 27.8. The molecule has 0 saturated heterocycles. The van der Waals surface area contributed by atoms with Gasteiger partial charge < -0.3 is 14.6 Å². The van der Waals surface area contributed by atoms with Crippen LogP contribution in [0.3, 0.4) is 0 Å². The third-order valence-electron chi connectivity index (χ3n) is 5.61. The van der Waals surface area contributed by atoms with Gasteiger partial charge in [0.1, 0.15) is 12.2 Å². The molecule has 0 fully saturated rings. The van der Waals surface area contributed by atoms with Crippen LogP contribution in [-0.2, 0) is 22.7 Å². The number of aliphatic hydroxyl groups excluding tert-OH is 1. The molecule has 2 heterocycles. The number of benzene rings is 3. The van der Waals surface area contributed by atoms with Crippen LogP contribution >= 0.6 is 0 Å². The summed E-state index contributed by atoms with van der Waals surface area (Å²) in [6.45, 7) is 0.579. The summed E-state index contributed by atoms with van der Waals surface area (Å²) in [7, 11) is 0. The molecule has 0 radical (unpaired) electrons. The Morgan fingerprint density at radius 2 is 1.42 bits per heavy atom. The van der Waals surface area contributed by atoms with Gasteiger partial charge in [0.05, 0.1) is 30.9 Å². The van der Waals surface area contributed by atoms with Gasteiger partial charge in [0.2, 0.25) is 5.78 Å². The maximum absolute atomic E-state index is 10.2. The highest BCUT2D eigenvalue weighted by Crippen LogP contribution is 2.27. The molecule has 6 nitrogen and oxygen atoms in total. The van der Waals surface area contributed by atoms with Crippen LogP contribution in [-0.4, -0.2) is 32.2 Å². The Bertz CT molecular complexity index is 1320. The van der Waals surface area contributed by atoms with Crippen molar-refractivity contribution in [2.45, 2.75) is 25.4 Å². The smallest absolute Gasteiger partial charge is 0.234 e. The minimum absolute atomic E-state index is 0.186. The molecule has 0 spiro atoms. The lowest BCUT2D eigenvalue weighted by molar-refractivity contribution is -0.106. The van der Waals surface area contributed by atoms with Gasteiger partial charge in [-0.3, -0.25) is 4.40 Å². The van der Waals surface area contributed by atoms with E-state index in [0.29, 0.717) is 19.0 Å². The topological polar surface area (TPSA) is 68.9 Å². The van der Waals surface area contributed by atoms with Crippen LogP contribution < -0.4 is 0 Å². The number of nitrogens with zero attached hydrogens (tertiary/aromatic N) is 3. The maximum atomic E-state index is 10.2. The zero-order chi connectivity index (χ0) is 22.5.